The second-order valence-corrected chi connectivity index (χ2v) is 7.64. The quantitative estimate of drug-likeness (QED) is 0.699. The van der Waals surface area contributed by atoms with Crippen molar-refractivity contribution in [1.29, 1.82) is 0 Å². The molecule has 3 heterocycles. The fourth-order valence-electron chi connectivity index (χ4n) is 4.34. The number of aromatic nitrogens is 1. The third-order valence-corrected chi connectivity index (χ3v) is 5.85. The van der Waals surface area contributed by atoms with Crippen LogP contribution in [0.1, 0.15) is 34.7 Å². The molecule has 28 heavy (non-hydrogen) atoms. The smallest absolute Gasteiger partial charge is 0.254 e. The highest BCUT2D eigenvalue weighted by Crippen LogP contribution is 2.24. The van der Waals surface area contributed by atoms with E-state index in [4.69, 9.17) is 4.42 Å². The molecule has 5 nitrogen and oxygen atoms in total. The minimum atomic E-state index is -0.272. The van der Waals surface area contributed by atoms with E-state index in [1.807, 2.05) is 11.0 Å². The Balaban J connectivity index is 1.36. The molecule has 0 saturated carbocycles. The van der Waals surface area contributed by atoms with Crippen LogP contribution in [0.3, 0.4) is 0 Å². The second kappa shape index (κ2) is 7.02. The van der Waals surface area contributed by atoms with Gasteiger partial charge in [0, 0.05) is 31.2 Å². The van der Waals surface area contributed by atoms with Gasteiger partial charge in [0.25, 0.3) is 5.91 Å². The summed E-state index contributed by atoms with van der Waals surface area (Å²) < 4.78 is 19.7. The van der Waals surface area contributed by atoms with Crippen molar-refractivity contribution in [3.8, 4) is 0 Å². The summed E-state index contributed by atoms with van der Waals surface area (Å²) in [6.45, 7) is 3.67. The first-order valence-electron chi connectivity index (χ1n) is 9.83. The van der Waals surface area contributed by atoms with Gasteiger partial charge in [0.1, 0.15) is 11.3 Å². The Labute approximate surface area is 162 Å². The Morgan fingerprint density at radius 3 is 2.96 bits per heavy atom. The first-order valence-corrected chi connectivity index (χ1v) is 9.83. The van der Waals surface area contributed by atoms with Crippen molar-refractivity contribution in [2.24, 2.45) is 0 Å². The zero-order valence-electron chi connectivity index (χ0n) is 15.6. The van der Waals surface area contributed by atoms with Gasteiger partial charge in [-0.3, -0.25) is 9.69 Å². The number of carbonyl (C=O) groups excluding carboxylic acids is 1. The second-order valence-electron chi connectivity index (χ2n) is 7.64. The van der Waals surface area contributed by atoms with Crippen LogP contribution in [0.4, 0.5) is 4.39 Å². The van der Waals surface area contributed by atoms with Crippen LogP contribution in [-0.2, 0) is 6.42 Å². The summed E-state index contributed by atoms with van der Waals surface area (Å²) in [5.41, 5.74) is 2.41. The van der Waals surface area contributed by atoms with Crippen molar-refractivity contribution in [2.75, 3.05) is 26.2 Å². The van der Waals surface area contributed by atoms with E-state index in [9.17, 15) is 9.18 Å². The maximum Gasteiger partial charge on any atom is 0.254 e. The molecule has 3 aromatic rings. The Morgan fingerprint density at radius 1 is 1.18 bits per heavy atom. The van der Waals surface area contributed by atoms with Gasteiger partial charge in [-0.25, -0.2) is 9.37 Å². The van der Waals surface area contributed by atoms with E-state index in [-0.39, 0.29) is 18.1 Å². The molecule has 2 saturated heterocycles. The van der Waals surface area contributed by atoms with Crippen molar-refractivity contribution in [3.63, 3.8) is 0 Å². The van der Waals surface area contributed by atoms with Crippen molar-refractivity contribution < 1.29 is 13.6 Å². The lowest BCUT2D eigenvalue weighted by molar-refractivity contribution is 0.0571. The molecule has 144 valence electrons. The maximum atomic E-state index is 13.9. The molecule has 2 fully saturated rings. The number of nitrogens with zero attached hydrogens (tertiary/aromatic N) is 3. The zero-order valence-corrected chi connectivity index (χ0v) is 15.6. The summed E-state index contributed by atoms with van der Waals surface area (Å²) in [4.78, 5) is 21.8. The molecule has 6 heteroatoms. The minimum Gasteiger partial charge on any atom is -0.440 e. The van der Waals surface area contributed by atoms with E-state index in [2.05, 4.69) is 9.88 Å². The molecule has 0 unspecified atom stereocenters. The predicted molar refractivity (Wildman–Crippen MR) is 104 cm³/mol. The van der Waals surface area contributed by atoms with E-state index in [1.54, 1.807) is 30.3 Å². The number of fused-ring (bicyclic) bond motifs is 2. The highest BCUT2D eigenvalue weighted by atomic mass is 19.1. The number of piperazine rings is 1. The molecule has 0 radical (unpaired) electrons. The van der Waals surface area contributed by atoms with Gasteiger partial charge in [-0.2, -0.15) is 0 Å². The first kappa shape index (κ1) is 17.4. The average molecular weight is 379 g/mol. The molecular formula is C22H22FN3O2. The predicted octanol–water partition coefficient (Wildman–Crippen LogP) is 3.48. The van der Waals surface area contributed by atoms with Gasteiger partial charge in [-0.05, 0) is 49.2 Å². The van der Waals surface area contributed by atoms with Gasteiger partial charge in [-0.1, -0.05) is 18.2 Å². The van der Waals surface area contributed by atoms with Crippen LogP contribution in [-0.4, -0.2) is 52.9 Å². The highest BCUT2D eigenvalue weighted by molar-refractivity contribution is 5.97. The van der Waals surface area contributed by atoms with E-state index >= 15 is 0 Å². The van der Waals surface area contributed by atoms with Gasteiger partial charge in [-0.15, -0.1) is 0 Å². The van der Waals surface area contributed by atoms with Crippen LogP contribution < -0.4 is 0 Å². The summed E-state index contributed by atoms with van der Waals surface area (Å²) in [5, 5.41) is 0. The zero-order chi connectivity index (χ0) is 19.1. The molecule has 0 N–H and O–H groups in total. The van der Waals surface area contributed by atoms with Crippen molar-refractivity contribution in [1.82, 2.24) is 14.8 Å². The highest BCUT2D eigenvalue weighted by Gasteiger charge is 2.32. The van der Waals surface area contributed by atoms with Crippen LogP contribution in [0.2, 0.25) is 0 Å². The Morgan fingerprint density at radius 2 is 2.07 bits per heavy atom. The maximum absolute atomic E-state index is 13.9. The lowest BCUT2D eigenvalue weighted by Crippen LogP contribution is -2.52. The lowest BCUT2D eigenvalue weighted by atomic mass is 10.1. The Kier molecular flexibility index (Phi) is 4.36. The molecular weight excluding hydrogens is 357 g/mol. The van der Waals surface area contributed by atoms with Crippen LogP contribution in [0.15, 0.2) is 46.9 Å². The molecule has 2 aliphatic heterocycles. The average Bonchev–Trinajstić information content (AvgIpc) is 3.34. The van der Waals surface area contributed by atoms with E-state index in [1.165, 1.54) is 18.9 Å². The molecule has 0 aliphatic carbocycles. The monoisotopic (exact) mass is 379 g/mol. The molecule has 1 aromatic heterocycles. The topological polar surface area (TPSA) is 49.6 Å². The number of halogens is 1. The third-order valence-electron chi connectivity index (χ3n) is 5.85. The van der Waals surface area contributed by atoms with Gasteiger partial charge < -0.3 is 9.32 Å². The van der Waals surface area contributed by atoms with Gasteiger partial charge in [0.2, 0.25) is 0 Å². The Hall–Kier alpha value is -2.73. The molecule has 5 rings (SSSR count). The molecule has 2 aromatic carbocycles. The van der Waals surface area contributed by atoms with Gasteiger partial charge in [0.15, 0.2) is 11.5 Å². The van der Waals surface area contributed by atoms with Crippen molar-refractivity contribution >= 4 is 17.0 Å². The van der Waals surface area contributed by atoms with Crippen LogP contribution in [0.5, 0.6) is 0 Å². The first-order chi connectivity index (χ1) is 13.7. The fraction of sp³-hybridized carbons (Fsp3) is 0.364. The van der Waals surface area contributed by atoms with Crippen LogP contribution in [0.25, 0.3) is 11.1 Å². The van der Waals surface area contributed by atoms with Gasteiger partial charge >= 0.3 is 0 Å². The van der Waals surface area contributed by atoms with E-state index in [0.717, 1.165) is 26.2 Å². The van der Waals surface area contributed by atoms with Crippen molar-refractivity contribution in [3.05, 3.63) is 65.3 Å². The van der Waals surface area contributed by atoms with E-state index in [0.29, 0.717) is 34.2 Å². The molecule has 0 bridgehead atoms. The number of rotatable bonds is 3. The number of carbonyl (C=O) groups is 1. The number of benzene rings is 2. The summed E-state index contributed by atoms with van der Waals surface area (Å²) in [6.07, 6.45) is 2.68. The van der Waals surface area contributed by atoms with E-state index < -0.39 is 0 Å². The Bertz CT molecular complexity index is 1030. The number of amides is 1. The summed E-state index contributed by atoms with van der Waals surface area (Å²) in [5.74, 6) is 0.219. The largest absolute Gasteiger partial charge is 0.440 e. The molecule has 2 aliphatic rings. The van der Waals surface area contributed by atoms with Gasteiger partial charge in [0.05, 0.1) is 6.42 Å². The molecule has 1 atom stereocenters. The SMILES string of the molecule is O=C(c1ccc2nc(Cc3ccccc3F)oc2c1)N1CCN2CCC[C@@H]2C1. The minimum absolute atomic E-state index is 0.0421. The normalized spacial score (nSPS) is 19.9. The summed E-state index contributed by atoms with van der Waals surface area (Å²) >= 11 is 0. The lowest BCUT2D eigenvalue weighted by Gasteiger charge is -2.37. The number of hydrogen-bond donors (Lipinski definition) is 0. The summed E-state index contributed by atoms with van der Waals surface area (Å²) in [6, 6.07) is 12.5. The third kappa shape index (κ3) is 3.18. The summed E-state index contributed by atoms with van der Waals surface area (Å²) in [7, 11) is 0. The van der Waals surface area contributed by atoms with Crippen LogP contribution >= 0.6 is 0 Å². The molecule has 1 amide bonds. The number of oxazole rings is 1. The number of hydrogen-bond acceptors (Lipinski definition) is 4. The van der Waals surface area contributed by atoms with Crippen LogP contribution in [0, 0.1) is 5.82 Å². The fourth-order valence-corrected chi connectivity index (χ4v) is 4.34. The van der Waals surface area contributed by atoms with Crippen molar-refractivity contribution in [2.45, 2.75) is 25.3 Å². The molecule has 0 spiro atoms. The standard InChI is InChI=1S/C22H22FN3O2/c23-18-6-2-1-4-15(18)13-21-24-19-8-7-16(12-20(19)28-21)22(27)26-11-10-25-9-3-5-17(25)14-26/h1-2,4,6-8,12,17H,3,5,9-11,13-14H2/t17-/m1/s1.